The van der Waals surface area contributed by atoms with E-state index in [1.165, 1.54) is 0 Å². The molecule has 114 valence electrons. The number of alkyl halides is 1. The molecule has 1 atom stereocenters. The monoisotopic (exact) mass is 304 g/mol. The standard InChI is InChI=1S/C14H22ClFN2O2/c1-3-12(8-13(16)14(15)17)20-9-11-4-6-18(7-5-11)10(2)19/h3,11,13,17H,4-9H2,1-2H3/b12-3+,17-14?. The lowest BCUT2D eigenvalue weighted by molar-refractivity contribution is -0.130. The molecule has 1 heterocycles. The molecule has 1 amide bonds. The number of halogens is 2. The molecule has 1 fully saturated rings. The van der Waals surface area contributed by atoms with E-state index in [4.69, 9.17) is 21.7 Å². The Labute approximate surface area is 124 Å². The Morgan fingerprint density at radius 1 is 1.55 bits per heavy atom. The molecule has 1 saturated heterocycles. The number of nitrogens with one attached hydrogen (secondary N) is 1. The lowest BCUT2D eigenvalue weighted by Crippen LogP contribution is -2.38. The molecule has 4 nitrogen and oxygen atoms in total. The van der Waals surface area contributed by atoms with Crippen molar-refractivity contribution < 1.29 is 13.9 Å². The molecule has 0 saturated carbocycles. The van der Waals surface area contributed by atoms with E-state index in [9.17, 15) is 9.18 Å². The van der Waals surface area contributed by atoms with Crippen LogP contribution in [0.5, 0.6) is 0 Å². The van der Waals surface area contributed by atoms with Crippen LogP contribution in [0.2, 0.25) is 0 Å². The van der Waals surface area contributed by atoms with Crippen LogP contribution in [0, 0.1) is 11.3 Å². The number of rotatable bonds is 6. The van der Waals surface area contributed by atoms with E-state index in [1.807, 2.05) is 4.90 Å². The van der Waals surface area contributed by atoms with Gasteiger partial charge in [0.25, 0.3) is 0 Å². The Balaban J connectivity index is 2.32. The highest BCUT2D eigenvalue weighted by atomic mass is 35.5. The molecule has 1 N–H and O–H groups in total. The average Bonchev–Trinajstić information content (AvgIpc) is 2.43. The van der Waals surface area contributed by atoms with Gasteiger partial charge in [-0.05, 0) is 31.8 Å². The normalized spacial score (nSPS) is 18.8. The molecule has 6 heteroatoms. The zero-order valence-corrected chi connectivity index (χ0v) is 12.8. The highest BCUT2D eigenvalue weighted by Gasteiger charge is 2.22. The minimum absolute atomic E-state index is 0.00508. The summed E-state index contributed by atoms with van der Waals surface area (Å²) in [7, 11) is 0. The summed E-state index contributed by atoms with van der Waals surface area (Å²) in [5, 5.41) is 6.53. The number of amides is 1. The van der Waals surface area contributed by atoms with Gasteiger partial charge in [-0.25, -0.2) is 4.39 Å². The number of hydrogen-bond donors (Lipinski definition) is 1. The van der Waals surface area contributed by atoms with Gasteiger partial charge in [0.2, 0.25) is 5.91 Å². The molecule has 0 aromatic rings. The highest BCUT2D eigenvalue weighted by Crippen LogP contribution is 2.20. The number of likely N-dealkylation sites (tertiary alicyclic amines) is 1. The SMILES string of the molecule is C/C=C(\CC(F)C(=N)Cl)OCC1CCN(C(C)=O)CC1. The first kappa shape index (κ1) is 17.0. The third-order valence-corrected chi connectivity index (χ3v) is 3.78. The van der Waals surface area contributed by atoms with Gasteiger partial charge in [0, 0.05) is 26.4 Å². The van der Waals surface area contributed by atoms with E-state index in [1.54, 1.807) is 19.9 Å². The summed E-state index contributed by atoms with van der Waals surface area (Å²) in [6.07, 6.45) is 2.02. The Bertz CT molecular complexity index is 379. The number of ether oxygens (including phenoxy) is 1. The predicted octanol–water partition coefficient (Wildman–Crippen LogP) is 3.11. The third kappa shape index (κ3) is 5.49. The van der Waals surface area contributed by atoms with Crippen LogP contribution >= 0.6 is 11.6 Å². The van der Waals surface area contributed by atoms with Crippen LogP contribution in [-0.2, 0) is 9.53 Å². The van der Waals surface area contributed by atoms with Crippen LogP contribution < -0.4 is 0 Å². The van der Waals surface area contributed by atoms with Crippen molar-refractivity contribution >= 4 is 22.7 Å². The topological polar surface area (TPSA) is 53.4 Å². The first-order valence-corrected chi connectivity index (χ1v) is 7.23. The van der Waals surface area contributed by atoms with Gasteiger partial charge >= 0.3 is 0 Å². The minimum Gasteiger partial charge on any atom is -0.498 e. The van der Waals surface area contributed by atoms with E-state index >= 15 is 0 Å². The molecule has 0 radical (unpaired) electrons. The Kier molecular flexibility index (Phi) is 6.99. The Hall–Kier alpha value is -1.10. The quantitative estimate of drug-likeness (QED) is 0.605. The van der Waals surface area contributed by atoms with Crippen molar-refractivity contribution in [2.75, 3.05) is 19.7 Å². The molecule has 0 bridgehead atoms. The second-order valence-corrected chi connectivity index (χ2v) is 5.44. The summed E-state index contributed by atoms with van der Waals surface area (Å²) in [6, 6.07) is 0. The van der Waals surface area contributed by atoms with Crippen LogP contribution in [-0.4, -0.2) is 41.8 Å². The maximum absolute atomic E-state index is 13.3. The van der Waals surface area contributed by atoms with Crippen molar-refractivity contribution in [3.8, 4) is 0 Å². The largest absolute Gasteiger partial charge is 0.498 e. The summed E-state index contributed by atoms with van der Waals surface area (Å²) in [6.45, 7) is 5.39. The summed E-state index contributed by atoms with van der Waals surface area (Å²) in [5.41, 5.74) is 0. The lowest BCUT2D eigenvalue weighted by atomic mass is 9.98. The van der Waals surface area contributed by atoms with Crippen molar-refractivity contribution in [2.45, 2.75) is 39.3 Å². The summed E-state index contributed by atoms with van der Waals surface area (Å²) < 4.78 is 19.0. The van der Waals surface area contributed by atoms with Crippen molar-refractivity contribution in [1.29, 1.82) is 5.41 Å². The van der Waals surface area contributed by atoms with E-state index in [0.29, 0.717) is 18.3 Å². The van der Waals surface area contributed by atoms with Gasteiger partial charge in [-0.15, -0.1) is 0 Å². The second kappa shape index (κ2) is 8.25. The predicted molar refractivity (Wildman–Crippen MR) is 77.8 cm³/mol. The molecule has 0 aromatic heterocycles. The van der Waals surface area contributed by atoms with Gasteiger partial charge in [-0.3, -0.25) is 10.2 Å². The molecule has 0 aliphatic carbocycles. The molecule has 0 aromatic carbocycles. The molecule has 0 spiro atoms. The van der Waals surface area contributed by atoms with E-state index in [0.717, 1.165) is 25.9 Å². The third-order valence-electron chi connectivity index (χ3n) is 3.54. The summed E-state index contributed by atoms with van der Waals surface area (Å²) in [4.78, 5) is 13.0. The van der Waals surface area contributed by atoms with Crippen LogP contribution in [0.4, 0.5) is 4.39 Å². The molecular formula is C14H22ClFN2O2. The van der Waals surface area contributed by atoms with Crippen molar-refractivity contribution in [2.24, 2.45) is 5.92 Å². The van der Waals surface area contributed by atoms with Gasteiger partial charge in [0.1, 0.15) is 5.17 Å². The first-order chi connectivity index (χ1) is 9.43. The number of piperidine rings is 1. The molecular weight excluding hydrogens is 283 g/mol. The lowest BCUT2D eigenvalue weighted by Gasteiger charge is -2.31. The van der Waals surface area contributed by atoms with Crippen LogP contribution in [0.1, 0.15) is 33.1 Å². The fourth-order valence-corrected chi connectivity index (χ4v) is 2.24. The fourth-order valence-electron chi connectivity index (χ4n) is 2.17. The maximum atomic E-state index is 13.3. The van der Waals surface area contributed by atoms with Gasteiger partial charge in [-0.1, -0.05) is 11.6 Å². The second-order valence-electron chi connectivity index (χ2n) is 5.04. The highest BCUT2D eigenvalue weighted by molar-refractivity contribution is 6.65. The van der Waals surface area contributed by atoms with Crippen LogP contribution in [0.25, 0.3) is 0 Å². The van der Waals surface area contributed by atoms with Gasteiger partial charge < -0.3 is 9.64 Å². The Morgan fingerprint density at radius 2 is 2.15 bits per heavy atom. The molecule has 1 aliphatic heterocycles. The van der Waals surface area contributed by atoms with Crippen LogP contribution in [0.15, 0.2) is 11.8 Å². The zero-order valence-electron chi connectivity index (χ0n) is 12.0. The molecule has 20 heavy (non-hydrogen) atoms. The van der Waals surface area contributed by atoms with E-state index < -0.39 is 11.3 Å². The molecule has 1 rings (SSSR count). The number of carbonyl (C=O) groups is 1. The first-order valence-electron chi connectivity index (χ1n) is 6.85. The zero-order chi connectivity index (χ0) is 15.1. The fraction of sp³-hybridized carbons (Fsp3) is 0.714. The van der Waals surface area contributed by atoms with E-state index in [-0.39, 0.29) is 12.3 Å². The average molecular weight is 305 g/mol. The van der Waals surface area contributed by atoms with Crippen molar-refractivity contribution in [3.63, 3.8) is 0 Å². The number of allylic oxidation sites excluding steroid dienone is 2. The van der Waals surface area contributed by atoms with Gasteiger partial charge in [-0.2, -0.15) is 0 Å². The smallest absolute Gasteiger partial charge is 0.219 e. The summed E-state index contributed by atoms with van der Waals surface area (Å²) >= 11 is 5.31. The maximum Gasteiger partial charge on any atom is 0.219 e. The van der Waals surface area contributed by atoms with Crippen molar-refractivity contribution in [1.82, 2.24) is 4.90 Å². The summed E-state index contributed by atoms with van der Waals surface area (Å²) in [5.74, 6) is 1.02. The number of nitrogens with zero attached hydrogens (tertiary/aromatic N) is 1. The van der Waals surface area contributed by atoms with E-state index in [2.05, 4.69) is 0 Å². The van der Waals surface area contributed by atoms with Crippen molar-refractivity contribution in [3.05, 3.63) is 11.8 Å². The minimum atomic E-state index is -1.50. The molecule has 1 unspecified atom stereocenters. The van der Waals surface area contributed by atoms with Gasteiger partial charge in [0.15, 0.2) is 6.17 Å². The van der Waals surface area contributed by atoms with Crippen LogP contribution in [0.3, 0.4) is 0 Å². The number of hydrogen-bond acceptors (Lipinski definition) is 3. The molecule has 1 aliphatic rings. The number of carbonyl (C=O) groups excluding carboxylic acids is 1. The van der Waals surface area contributed by atoms with Gasteiger partial charge in [0.05, 0.1) is 12.4 Å². The Morgan fingerprint density at radius 3 is 2.60 bits per heavy atom.